The number of rotatable bonds is 14. The van der Waals surface area contributed by atoms with Gasteiger partial charge in [0.25, 0.3) is 0 Å². The fourth-order valence-electron chi connectivity index (χ4n) is 3.78. The third-order valence-electron chi connectivity index (χ3n) is 5.04. The highest BCUT2D eigenvalue weighted by Gasteiger charge is 2.48. The lowest BCUT2D eigenvalue weighted by Crippen LogP contribution is -2.62. The van der Waals surface area contributed by atoms with Crippen LogP contribution in [0.4, 0.5) is 4.79 Å². The van der Waals surface area contributed by atoms with Crippen molar-refractivity contribution in [3.8, 4) is 0 Å². The first-order valence-corrected chi connectivity index (χ1v) is 11.6. The zero-order valence-corrected chi connectivity index (χ0v) is 19.1. The Balaban J connectivity index is 5.19. The predicted octanol–water partition coefficient (Wildman–Crippen LogP) is 3.30. The number of quaternary nitrogens is 1. The number of hydrogen-bond donors (Lipinski definition) is 1. The van der Waals surface area contributed by atoms with Crippen LogP contribution in [0.5, 0.6) is 0 Å². The Morgan fingerprint density at radius 2 is 1.35 bits per heavy atom. The molecule has 0 spiro atoms. The van der Waals surface area contributed by atoms with Crippen molar-refractivity contribution in [2.45, 2.75) is 72.2 Å². The molecule has 0 radical (unpaired) electrons. The molecule has 0 aliphatic carbocycles. The highest BCUT2D eigenvalue weighted by Crippen LogP contribution is 2.20. The van der Waals surface area contributed by atoms with Gasteiger partial charge in [-0.2, -0.15) is 0 Å². The minimum atomic E-state index is -2.97. The molecule has 0 aromatic carbocycles. The topological polar surface area (TPSA) is 66.0 Å². The van der Waals surface area contributed by atoms with Gasteiger partial charge in [0.05, 0.1) is 19.6 Å². The van der Waals surface area contributed by atoms with Crippen molar-refractivity contribution in [3.05, 3.63) is 0 Å². The Morgan fingerprint density at radius 3 is 1.65 bits per heavy atom. The van der Waals surface area contributed by atoms with Gasteiger partial charge in [0, 0.05) is 28.3 Å². The van der Waals surface area contributed by atoms with Crippen molar-refractivity contribution < 1.29 is 27.3 Å². The normalized spacial score (nSPS) is 14.8. The summed E-state index contributed by atoms with van der Waals surface area (Å²) < 4.78 is 23.1. The maximum absolute atomic E-state index is 12.6. The number of carbonyl (C=O) groups is 1. The highest BCUT2D eigenvalue weighted by molar-refractivity contribution is 6.62. The molecular formula is C18H41N2O5Si+. The van der Waals surface area contributed by atoms with Crippen molar-refractivity contribution in [2.75, 3.05) is 41.0 Å². The number of carbonyl (C=O) groups excluding carboxylic acids is 1. The van der Waals surface area contributed by atoms with Crippen molar-refractivity contribution >= 4 is 14.9 Å². The van der Waals surface area contributed by atoms with Crippen LogP contribution in [-0.2, 0) is 18.0 Å². The third kappa shape index (κ3) is 6.49. The van der Waals surface area contributed by atoms with Crippen molar-refractivity contribution in [2.24, 2.45) is 0 Å². The standard InChI is InChI=1S/C18H40N2O5Si/c1-9-13-20(14-10-2,15-11-3)16(5)25-18(21)19-17(12-4)26(22-6,23-7)24-8/h16-17H,9-15H2,1-8H3/p+1. The van der Waals surface area contributed by atoms with E-state index in [9.17, 15) is 4.79 Å². The smallest absolute Gasteiger partial charge is 0.397 e. The second-order valence-electron chi connectivity index (χ2n) is 6.72. The van der Waals surface area contributed by atoms with E-state index in [0.29, 0.717) is 6.42 Å². The van der Waals surface area contributed by atoms with Crippen LogP contribution in [-0.4, -0.2) is 72.2 Å². The van der Waals surface area contributed by atoms with Crippen LogP contribution in [0.1, 0.15) is 60.3 Å². The minimum absolute atomic E-state index is 0.212. The molecule has 0 heterocycles. The fraction of sp³-hybridized carbons (Fsp3) is 0.944. The Morgan fingerprint density at radius 1 is 0.923 bits per heavy atom. The van der Waals surface area contributed by atoms with Gasteiger partial charge < -0.3 is 23.3 Å². The number of hydrogen-bond acceptors (Lipinski definition) is 5. The van der Waals surface area contributed by atoms with Crippen LogP contribution in [0.25, 0.3) is 0 Å². The highest BCUT2D eigenvalue weighted by atomic mass is 28.4. The van der Waals surface area contributed by atoms with E-state index in [1.807, 2.05) is 13.8 Å². The molecule has 0 fully saturated rings. The van der Waals surface area contributed by atoms with Gasteiger partial charge >= 0.3 is 14.9 Å². The molecule has 0 bridgehead atoms. The van der Waals surface area contributed by atoms with E-state index in [-0.39, 0.29) is 11.9 Å². The number of nitrogens with one attached hydrogen (secondary N) is 1. The summed E-state index contributed by atoms with van der Waals surface area (Å²) in [6.45, 7) is 13.5. The molecule has 2 unspecified atom stereocenters. The summed E-state index contributed by atoms with van der Waals surface area (Å²) in [6, 6.07) is 0. The van der Waals surface area contributed by atoms with Crippen LogP contribution in [0.3, 0.4) is 0 Å². The molecule has 156 valence electrons. The van der Waals surface area contributed by atoms with Crippen molar-refractivity contribution in [1.29, 1.82) is 0 Å². The molecular weight excluding hydrogens is 352 g/mol. The number of ether oxygens (including phenoxy) is 1. The number of alkyl carbamates (subject to hydrolysis) is 1. The van der Waals surface area contributed by atoms with Gasteiger partial charge in [-0.15, -0.1) is 0 Å². The molecule has 1 amide bonds. The van der Waals surface area contributed by atoms with Crippen LogP contribution in [0, 0.1) is 0 Å². The zero-order chi connectivity index (χ0) is 20.2. The summed E-state index contributed by atoms with van der Waals surface area (Å²) in [6.07, 6.45) is 3.14. The van der Waals surface area contributed by atoms with Gasteiger partial charge in [-0.1, -0.05) is 27.7 Å². The van der Waals surface area contributed by atoms with Crippen LogP contribution < -0.4 is 5.32 Å². The van der Waals surface area contributed by atoms with E-state index in [4.69, 9.17) is 18.0 Å². The third-order valence-corrected chi connectivity index (χ3v) is 8.15. The summed E-state index contributed by atoms with van der Waals surface area (Å²) in [7, 11) is 1.67. The SMILES string of the molecule is CCC[N+](CCC)(CCC)C(C)OC(=O)NC(CC)[Si](OC)(OC)OC. The molecule has 0 aliphatic rings. The van der Waals surface area contributed by atoms with E-state index in [0.717, 1.165) is 43.4 Å². The summed E-state index contributed by atoms with van der Waals surface area (Å²) in [4.78, 5) is 12.6. The average molecular weight is 394 g/mol. The summed E-state index contributed by atoms with van der Waals surface area (Å²) in [5.41, 5.74) is -0.354. The van der Waals surface area contributed by atoms with E-state index in [1.165, 1.54) is 0 Å². The molecule has 0 saturated carbocycles. The molecule has 26 heavy (non-hydrogen) atoms. The second kappa shape index (κ2) is 12.7. The average Bonchev–Trinajstić information content (AvgIpc) is 2.62. The van der Waals surface area contributed by atoms with Gasteiger partial charge in [0.15, 0.2) is 0 Å². The Labute approximate surface area is 161 Å². The van der Waals surface area contributed by atoms with Gasteiger partial charge in [-0.25, -0.2) is 4.79 Å². The van der Waals surface area contributed by atoms with Crippen molar-refractivity contribution in [1.82, 2.24) is 5.32 Å². The first kappa shape index (κ1) is 25.3. The molecule has 0 aliphatic heterocycles. The molecule has 2 atom stereocenters. The molecule has 0 rings (SSSR count). The predicted molar refractivity (Wildman–Crippen MR) is 106 cm³/mol. The zero-order valence-electron chi connectivity index (χ0n) is 18.1. The first-order valence-electron chi connectivity index (χ1n) is 9.83. The maximum atomic E-state index is 12.6. The fourth-order valence-corrected chi connectivity index (χ4v) is 5.93. The van der Waals surface area contributed by atoms with Crippen LogP contribution >= 0.6 is 0 Å². The van der Waals surface area contributed by atoms with Gasteiger partial charge in [0.2, 0.25) is 6.23 Å². The second-order valence-corrected chi connectivity index (χ2v) is 9.84. The van der Waals surface area contributed by atoms with E-state index >= 15 is 0 Å². The van der Waals surface area contributed by atoms with Crippen LogP contribution in [0.15, 0.2) is 0 Å². The van der Waals surface area contributed by atoms with E-state index in [2.05, 4.69) is 26.1 Å². The molecule has 0 saturated heterocycles. The Hall–Kier alpha value is -0.673. The lowest BCUT2D eigenvalue weighted by molar-refractivity contribution is -0.967. The lowest BCUT2D eigenvalue weighted by Gasteiger charge is -2.42. The minimum Gasteiger partial charge on any atom is -0.397 e. The lowest BCUT2D eigenvalue weighted by atomic mass is 10.2. The summed E-state index contributed by atoms with van der Waals surface area (Å²) >= 11 is 0. The summed E-state index contributed by atoms with van der Waals surface area (Å²) in [5.74, 6) is 0. The number of nitrogens with zero attached hydrogens (tertiary/aromatic N) is 1. The first-order chi connectivity index (χ1) is 12.3. The van der Waals surface area contributed by atoms with Crippen molar-refractivity contribution in [3.63, 3.8) is 0 Å². The van der Waals surface area contributed by atoms with Gasteiger partial charge in [0.1, 0.15) is 5.67 Å². The Kier molecular flexibility index (Phi) is 12.3. The monoisotopic (exact) mass is 393 g/mol. The largest absolute Gasteiger partial charge is 0.523 e. The van der Waals surface area contributed by atoms with Gasteiger partial charge in [-0.05, 0) is 25.7 Å². The quantitative estimate of drug-likeness (QED) is 0.279. The molecule has 0 aromatic rings. The van der Waals surface area contributed by atoms with Crippen LogP contribution in [0.2, 0.25) is 0 Å². The molecule has 7 nitrogen and oxygen atoms in total. The molecule has 0 aromatic heterocycles. The molecule has 1 N–H and O–H groups in total. The molecule has 8 heteroatoms. The van der Waals surface area contributed by atoms with E-state index < -0.39 is 14.9 Å². The Bertz CT molecular complexity index is 368. The van der Waals surface area contributed by atoms with E-state index in [1.54, 1.807) is 21.3 Å². The number of amides is 1. The van der Waals surface area contributed by atoms with Gasteiger partial charge in [-0.3, -0.25) is 4.48 Å². The summed E-state index contributed by atoms with van der Waals surface area (Å²) in [5, 5.41) is 2.91. The maximum Gasteiger partial charge on any atom is 0.523 e.